The molecule has 4 rings (SSSR count). The monoisotopic (exact) mass is 438 g/mol. The second kappa shape index (κ2) is 9.30. The third-order valence-electron chi connectivity index (χ3n) is 6.20. The summed E-state index contributed by atoms with van der Waals surface area (Å²) < 4.78 is 11.2. The van der Waals surface area contributed by atoms with Gasteiger partial charge in [-0.25, -0.2) is 0 Å². The van der Waals surface area contributed by atoms with E-state index in [-0.39, 0.29) is 11.3 Å². The van der Waals surface area contributed by atoms with Crippen molar-refractivity contribution in [1.29, 1.82) is 0 Å². The van der Waals surface area contributed by atoms with Gasteiger partial charge in [-0.2, -0.15) is 0 Å². The van der Waals surface area contributed by atoms with Gasteiger partial charge in [-0.05, 0) is 51.0 Å². The molecule has 2 fully saturated rings. The number of furan rings is 1. The van der Waals surface area contributed by atoms with E-state index >= 15 is 0 Å². The number of aliphatic hydroxyl groups excluding tert-OH is 1. The normalized spacial score (nSPS) is 21.5. The molecule has 1 atom stereocenters. The van der Waals surface area contributed by atoms with Crippen molar-refractivity contribution in [3.8, 4) is 0 Å². The van der Waals surface area contributed by atoms with Crippen LogP contribution in [-0.2, 0) is 14.3 Å². The van der Waals surface area contributed by atoms with Gasteiger partial charge in [0, 0.05) is 31.7 Å². The Morgan fingerprint density at radius 1 is 1.06 bits per heavy atom. The van der Waals surface area contributed by atoms with E-state index in [9.17, 15) is 14.7 Å². The lowest BCUT2D eigenvalue weighted by molar-refractivity contribution is -0.140. The average Bonchev–Trinajstić information content (AvgIpc) is 3.32. The van der Waals surface area contributed by atoms with E-state index in [0.29, 0.717) is 43.3 Å². The standard InChI is InChI=1S/C25H30N2O5/c1-16-5-6-17(2)19(15-16)23(28)21-22(20-8-7-18(3)32-20)27(25(30)24(21)29)10-4-9-26-11-13-31-14-12-26/h5-8,15,22,28H,4,9-14H2,1-3H3/b23-21+. The predicted octanol–water partition coefficient (Wildman–Crippen LogP) is 3.35. The number of likely N-dealkylation sites (tertiary alicyclic amines) is 1. The molecule has 32 heavy (non-hydrogen) atoms. The summed E-state index contributed by atoms with van der Waals surface area (Å²) in [6.07, 6.45) is 0.715. The molecule has 2 aliphatic rings. The first-order valence-corrected chi connectivity index (χ1v) is 11.1. The van der Waals surface area contributed by atoms with Crippen LogP contribution >= 0.6 is 0 Å². The van der Waals surface area contributed by atoms with E-state index in [1.54, 1.807) is 12.1 Å². The van der Waals surface area contributed by atoms with Crippen LogP contribution < -0.4 is 0 Å². The summed E-state index contributed by atoms with van der Waals surface area (Å²) >= 11 is 0. The molecule has 1 unspecified atom stereocenters. The highest BCUT2D eigenvalue weighted by atomic mass is 16.5. The van der Waals surface area contributed by atoms with Crippen LogP contribution in [0.2, 0.25) is 0 Å². The molecule has 3 heterocycles. The van der Waals surface area contributed by atoms with Crippen molar-refractivity contribution in [3.63, 3.8) is 0 Å². The molecular formula is C25H30N2O5. The summed E-state index contributed by atoms with van der Waals surface area (Å²) in [7, 11) is 0. The molecule has 1 amide bonds. The summed E-state index contributed by atoms with van der Waals surface area (Å²) in [5.74, 6) is -0.253. The summed E-state index contributed by atoms with van der Waals surface area (Å²) in [6.45, 7) is 9.99. The van der Waals surface area contributed by atoms with Crippen LogP contribution in [0.4, 0.5) is 0 Å². The highest BCUT2D eigenvalue weighted by Gasteiger charge is 2.47. The Hall–Kier alpha value is -2.90. The van der Waals surface area contributed by atoms with E-state index in [1.807, 2.05) is 39.0 Å². The lowest BCUT2D eigenvalue weighted by Gasteiger charge is -2.28. The van der Waals surface area contributed by atoms with Crippen LogP contribution in [0.1, 0.15) is 40.7 Å². The molecule has 2 aromatic rings. The molecule has 1 aromatic heterocycles. The largest absolute Gasteiger partial charge is 0.507 e. The van der Waals surface area contributed by atoms with E-state index < -0.39 is 17.7 Å². The van der Waals surface area contributed by atoms with Gasteiger partial charge >= 0.3 is 0 Å². The van der Waals surface area contributed by atoms with E-state index in [1.165, 1.54) is 4.90 Å². The number of morpholine rings is 1. The van der Waals surface area contributed by atoms with Crippen LogP contribution in [-0.4, -0.2) is 66.0 Å². The van der Waals surface area contributed by atoms with Crippen LogP contribution in [0.5, 0.6) is 0 Å². The quantitative estimate of drug-likeness (QED) is 0.423. The average molecular weight is 439 g/mol. The van der Waals surface area contributed by atoms with Crippen LogP contribution in [0.3, 0.4) is 0 Å². The van der Waals surface area contributed by atoms with Crippen molar-refractivity contribution in [2.75, 3.05) is 39.4 Å². The first kappa shape index (κ1) is 22.3. The van der Waals surface area contributed by atoms with Crippen LogP contribution in [0.15, 0.2) is 40.3 Å². The summed E-state index contributed by atoms with van der Waals surface area (Å²) in [5.41, 5.74) is 2.44. The van der Waals surface area contributed by atoms with Crippen molar-refractivity contribution < 1.29 is 23.8 Å². The fourth-order valence-corrected chi connectivity index (χ4v) is 4.43. The molecule has 7 heteroatoms. The molecule has 1 N–H and O–H groups in total. The van der Waals surface area contributed by atoms with Gasteiger partial charge in [0.15, 0.2) is 0 Å². The molecule has 2 aliphatic heterocycles. The minimum absolute atomic E-state index is 0.0874. The second-order valence-electron chi connectivity index (χ2n) is 8.57. The Morgan fingerprint density at radius 3 is 2.50 bits per heavy atom. The SMILES string of the molecule is Cc1ccc(C)c(/C(O)=C2\C(=O)C(=O)N(CCCN3CCOCC3)C2c2ccc(C)o2)c1. The van der Waals surface area contributed by atoms with Crippen LogP contribution in [0, 0.1) is 20.8 Å². The van der Waals surface area contributed by atoms with Crippen molar-refractivity contribution >= 4 is 17.4 Å². The molecular weight excluding hydrogens is 408 g/mol. The minimum Gasteiger partial charge on any atom is -0.507 e. The van der Waals surface area contributed by atoms with Crippen molar-refractivity contribution in [3.05, 3.63) is 64.1 Å². The number of amides is 1. The smallest absolute Gasteiger partial charge is 0.295 e. The highest BCUT2D eigenvalue weighted by molar-refractivity contribution is 6.46. The van der Waals surface area contributed by atoms with Gasteiger partial charge < -0.3 is 19.2 Å². The fourth-order valence-electron chi connectivity index (χ4n) is 4.43. The molecule has 0 spiro atoms. The van der Waals surface area contributed by atoms with E-state index in [0.717, 1.165) is 30.8 Å². The number of aryl methyl sites for hydroxylation is 3. The van der Waals surface area contributed by atoms with Crippen molar-refractivity contribution in [2.24, 2.45) is 0 Å². The number of ketones is 1. The van der Waals surface area contributed by atoms with Gasteiger partial charge in [0.05, 0.1) is 18.8 Å². The fraction of sp³-hybridized carbons (Fsp3) is 0.440. The summed E-state index contributed by atoms with van der Waals surface area (Å²) in [5, 5.41) is 11.2. The Morgan fingerprint density at radius 2 is 1.81 bits per heavy atom. The van der Waals surface area contributed by atoms with Gasteiger partial charge in [-0.15, -0.1) is 0 Å². The Balaban J connectivity index is 1.68. The number of aliphatic hydroxyl groups is 1. The first-order chi connectivity index (χ1) is 15.4. The molecule has 0 aliphatic carbocycles. The maximum absolute atomic E-state index is 13.1. The molecule has 7 nitrogen and oxygen atoms in total. The third-order valence-corrected chi connectivity index (χ3v) is 6.20. The number of carbonyl (C=O) groups excluding carboxylic acids is 2. The number of nitrogens with zero attached hydrogens (tertiary/aromatic N) is 2. The number of hydrogen-bond donors (Lipinski definition) is 1. The van der Waals surface area contributed by atoms with E-state index in [4.69, 9.17) is 9.15 Å². The minimum atomic E-state index is -0.742. The number of benzene rings is 1. The number of carbonyl (C=O) groups is 2. The molecule has 0 bridgehead atoms. The van der Waals surface area contributed by atoms with Crippen molar-refractivity contribution in [1.82, 2.24) is 9.80 Å². The van der Waals surface area contributed by atoms with Gasteiger partial charge in [0.2, 0.25) is 0 Å². The highest BCUT2D eigenvalue weighted by Crippen LogP contribution is 2.40. The molecule has 170 valence electrons. The van der Waals surface area contributed by atoms with Crippen LogP contribution in [0.25, 0.3) is 5.76 Å². The van der Waals surface area contributed by atoms with Gasteiger partial charge in [-0.3, -0.25) is 14.5 Å². The summed E-state index contributed by atoms with van der Waals surface area (Å²) in [4.78, 5) is 30.0. The van der Waals surface area contributed by atoms with Gasteiger partial charge in [0.25, 0.3) is 11.7 Å². The number of hydrogen-bond acceptors (Lipinski definition) is 6. The second-order valence-corrected chi connectivity index (χ2v) is 8.57. The third kappa shape index (κ3) is 4.36. The Bertz CT molecular complexity index is 1050. The number of Topliss-reactive ketones (excluding diaryl/α,β-unsaturated/α-hetero) is 1. The lowest BCUT2D eigenvalue weighted by Crippen LogP contribution is -2.38. The maximum atomic E-state index is 13.1. The molecule has 1 aromatic carbocycles. The lowest BCUT2D eigenvalue weighted by atomic mass is 9.96. The molecule has 0 radical (unpaired) electrons. The van der Waals surface area contributed by atoms with E-state index in [2.05, 4.69) is 4.90 Å². The zero-order chi connectivity index (χ0) is 22.8. The zero-order valence-corrected chi connectivity index (χ0v) is 18.9. The topological polar surface area (TPSA) is 83.2 Å². The number of rotatable bonds is 6. The Kier molecular flexibility index (Phi) is 6.48. The molecule has 0 saturated carbocycles. The number of ether oxygens (including phenoxy) is 1. The zero-order valence-electron chi connectivity index (χ0n) is 18.9. The predicted molar refractivity (Wildman–Crippen MR) is 120 cm³/mol. The summed E-state index contributed by atoms with van der Waals surface area (Å²) in [6, 6.07) is 8.52. The van der Waals surface area contributed by atoms with Crippen molar-refractivity contribution in [2.45, 2.75) is 33.2 Å². The van der Waals surface area contributed by atoms with Gasteiger partial charge in [0.1, 0.15) is 23.3 Å². The van der Waals surface area contributed by atoms with Gasteiger partial charge in [-0.1, -0.05) is 17.7 Å². The maximum Gasteiger partial charge on any atom is 0.295 e. The molecule has 2 saturated heterocycles. The first-order valence-electron chi connectivity index (χ1n) is 11.1. The Labute approximate surface area is 188 Å².